The topological polar surface area (TPSA) is 96.5 Å². The fraction of sp³-hybridized carbons (Fsp3) is 0.357. The van der Waals surface area contributed by atoms with Gasteiger partial charge in [-0.15, -0.1) is 13.2 Å². The molecule has 8 nitrogen and oxygen atoms in total. The van der Waals surface area contributed by atoms with Gasteiger partial charge in [-0.25, -0.2) is 4.21 Å². The number of halogens is 3. The van der Waals surface area contributed by atoms with Crippen LogP contribution in [0.3, 0.4) is 0 Å². The summed E-state index contributed by atoms with van der Waals surface area (Å²) in [4.78, 5) is 13.8. The number of ether oxygens (including phenoxy) is 2. The number of aromatic nitrogens is 2. The lowest BCUT2D eigenvalue weighted by molar-refractivity contribution is -0.389. The fourth-order valence-electron chi connectivity index (χ4n) is 2.40. The van der Waals surface area contributed by atoms with Crippen LogP contribution in [0.4, 0.5) is 19.0 Å². The van der Waals surface area contributed by atoms with Crippen LogP contribution in [-0.2, 0) is 28.7 Å². The zero-order valence-corrected chi connectivity index (χ0v) is 13.8. The van der Waals surface area contributed by atoms with Crippen molar-refractivity contribution in [2.45, 2.75) is 30.8 Å². The minimum atomic E-state index is -4.75. The van der Waals surface area contributed by atoms with E-state index in [-0.39, 0.29) is 35.6 Å². The van der Waals surface area contributed by atoms with Gasteiger partial charge >= 0.3 is 17.3 Å². The standard InChI is InChI=1S/C14H12F3N3O5S/c15-14(16,17)25-10-3-1-9(2-4-10)7-24-11-5-19-6-12(20(21)22)18-13(19)26(23)8-11/h1-4,6,11H,5,7-8H2/t11-,26+/m0/s1. The number of alkyl halides is 3. The molecule has 12 heteroatoms. The van der Waals surface area contributed by atoms with Crippen molar-refractivity contribution >= 4 is 16.6 Å². The van der Waals surface area contributed by atoms with E-state index in [2.05, 4.69) is 9.72 Å². The van der Waals surface area contributed by atoms with E-state index in [0.717, 1.165) is 0 Å². The molecule has 0 fully saturated rings. The molecule has 2 heterocycles. The molecule has 0 spiro atoms. The molecule has 0 N–H and O–H groups in total. The Morgan fingerprint density at radius 1 is 1.35 bits per heavy atom. The molecule has 0 amide bonds. The molecule has 1 aromatic heterocycles. The predicted octanol–water partition coefficient (Wildman–Crippen LogP) is 2.40. The monoisotopic (exact) mass is 391 g/mol. The van der Waals surface area contributed by atoms with Crippen LogP contribution in [0.2, 0.25) is 0 Å². The summed E-state index contributed by atoms with van der Waals surface area (Å²) in [7, 11) is -1.54. The Balaban J connectivity index is 1.60. The summed E-state index contributed by atoms with van der Waals surface area (Å²) in [6.45, 7) is 0.331. The van der Waals surface area contributed by atoms with Gasteiger partial charge in [0.1, 0.15) is 22.7 Å². The van der Waals surface area contributed by atoms with Crippen molar-refractivity contribution < 1.29 is 31.8 Å². The van der Waals surface area contributed by atoms with Crippen molar-refractivity contribution in [2.75, 3.05) is 5.75 Å². The van der Waals surface area contributed by atoms with E-state index >= 15 is 0 Å². The van der Waals surface area contributed by atoms with Crippen molar-refractivity contribution in [3.8, 4) is 5.75 Å². The number of nitrogens with zero attached hydrogens (tertiary/aromatic N) is 3. The average molecular weight is 391 g/mol. The minimum absolute atomic E-state index is 0.0836. The van der Waals surface area contributed by atoms with Gasteiger partial charge in [0.25, 0.3) is 0 Å². The van der Waals surface area contributed by atoms with Gasteiger partial charge in [0, 0.05) is 0 Å². The quantitative estimate of drug-likeness (QED) is 0.574. The number of benzene rings is 1. The zero-order valence-electron chi connectivity index (χ0n) is 13.0. The van der Waals surface area contributed by atoms with Crippen molar-refractivity contribution in [3.05, 3.63) is 46.1 Å². The Morgan fingerprint density at radius 2 is 2.04 bits per heavy atom. The van der Waals surface area contributed by atoms with E-state index in [1.165, 1.54) is 35.0 Å². The molecule has 0 saturated carbocycles. The lowest BCUT2D eigenvalue weighted by Gasteiger charge is -2.21. The number of imidazole rings is 1. The van der Waals surface area contributed by atoms with Gasteiger partial charge < -0.3 is 19.6 Å². The van der Waals surface area contributed by atoms with Crippen LogP contribution in [0, 0.1) is 10.1 Å². The maximum absolute atomic E-state index is 12.1. The third-order valence-corrected chi connectivity index (χ3v) is 4.91. The van der Waals surface area contributed by atoms with E-state index in [0.29, 0.717) is 5.56 Å². The summed E-state index contributed by atoms with van der Waals surface area (Å²) in [6, 6.07) is 5.19. The maximum Gasteiger partial charge on any atom is 0.573 e. The minimum Gasteiger partial charge on any atom is -0.406 e. The van der Waals surface area contributed by atoms with Crippen molar-refractivity contribution in [1.82, 2.24) is 9.55 Å². The van der Waals surface area contributed by atoms with Gasteiger partial charge in [-0.2, -0.15) is 0 Å². The van der Waals surface area contributed by atoms with Crippen molar-refractivity contribution in [3.63, 3.8) is 0 Å². The van der Waals surface area contributed by atoms with Crippen molar-refractivity contribution in [1.29, 1.82) is 0 Å². The van der Waals surface area contributed by atoms with Gasteiger partial charge in [-0.1, -0.05) is 12.1 Å². The summed E-state index contributed by atoms with van der Waals surface area (Å²) in [5.41, 5.74) is 0.604. The molecule has 1 aromatic carbocycles. The number of nitro groups is 1. The zero-order chi connectivity index (χ0) is 18.9. The fourth-order valence-corrected chi connectivity index (χ4v) is 3.68. The first-order chi connectivity index (χ1) is 12.2. The number of fused-ring (bicyclic) bond motifs is 1. The summed E-state index contributed by atoms with van der Waals surface area (Å²) >= 11 is 0. The van der Waals surface area contributed by atoms with E-state index in [1.54, 1.807) is 0 Å². The van der Waals surface area contributed by atoms with E-state index < -0.39 is 28.2 Å². The summed E-state index contributed by atoms with van der Waals surface area (Å²) in [6.07, 6.45) is -4.02. The number of rotatable bonds is 5. The first-order valence-corrected chi connectivity index (χ1v) is 8.59. The SMILES string of the molecule is O=[N+]([O-])c1cn2c(n1)[S@](=O)C[C@@H](OCc1ccc(OC(F)(F)F)cc1)C2. The van der Waals surface area contributed by atoms with Crippen LogP contribution in [0.1, 0.15) is 5.56 Å². The largest absolute Gasteiger partial charge is 0.573 e. The molecule has 2 aromatic rings. The highest BCUT2D eigenvalue weighted by Crippen LogP contribution is 2.24. The van der Waals surface area contributed by atoms with Gasteiger partial charge in [0.15, 0.2) is 0 Å². The predicted molar refractivity (Wildman–Crippen MR) is 81.9 cm³/mol. The van der Waals surface area contributed by atoms with Gasteiger partial charge in [-0.3, -0.25) is 4.57 Å². The first kappa shape index (κ1) is 18.3. The molecule has 2 atom stereocenters. The third kappa shape index (κ3) is 4.38. The Kier molecular flexibility index (Phi) is 4.96. The number of hydrogen-bond acceptors (Lipinski definition) is 6. The third-order valence-electron chi connectivity index (χ3n) is 3.50. The second kappa shape index (κ2) is 7.03. The van der Waals surface area contributed by atoms with Gasteiger partial charge in [0.2, 0.25) is 0 Å². The average Bonchev–Trinajstić information content (AvgIpc) is 2.98. The van der Waals surface area contributed by atoms with E-state index in [1.807, 2.05) is 0 Å². The van der Waals surface area contributed by atoms with Crippen LogP contribution >= 0.6 is 0 Å². The summed E-state index contributed by atoms with van der Waals surface area (Å²) in [5.74, 6) is -0.590. The summed E-state index contributed by atoms with van der Waals surface area (Å²) < 4.78 is 59.3. The van der Waals surface area contributed by atoms with Crippen LogP contribution in [0.15, 0.2) is 35.6 Å². The molecule has 1 aliphatic rings. The highest BCUT2D eigenvalue weighted by Gasteiger charge is 2.33. The van der Waals surface area contributed by atoms with Crippen LogP contribution < -0.4 is 4.74 Å². The smallest absolute Gasteiger partial charge is 0.406 e. The van der Waals surface area contributed by atoms with E-state index in [4.69, 9.17) is 4.74 Å². The molecule has 0 bridgehead atoms. The second-order valence-corrected chi connectivity index (χ2v) is 6.82. The normalized spacial score (nSPS) is 19.8. The highest BCUT2D eigenvalue weighted by molar-refractivity contribution is 7.84. The Morgan fingerprint density at radius 3 is 2.65 bits per heavy atom. The van der Waals surface area contributed by atoms with Crippen LogP contribution in [-0.4, -0.2) is 36.9 Å². The molecule has 0 saturated heterocycles. The Hall–Kier alpha value is -2.47. The van der Waals surface area contributed by atoms with Crippen molar-refractivity contribution in [2.24, 2.45) is 0 Å². The molecule has 0 radical (unpaired) electrons. The van der Waals surface area contributed by atoms with Crippen LogP contribution in [0.25, 0.3) is 0 Å². The molecule has 3 rings (SSSR count). The lowest BCUT2D eigenvalue weighted by Crippen LogP contribution is -2.32. The molecule has 1 aliphatic heterocycles. The highest BCUT2D eigenvalue weighted by atomic mass is 32.2. The van der Waals surface area contributed by atoms with E-state index in [9.17, 15) is 27.5 Å². The van der Waals surface area contributed by atoms with Crippen LogP contribution in [0.5, 0.6) is 5.75 Å². The Labute approximate surface area is 147 Å². The molecular formula is C14H12F3N3O5S. The lowest BCUT2D eigenvalue weighted by atomic mass is 10.2. The summed E-state index contributed by atoms with van der Waals surface area (Å²) in [5, 5.41) is 10.9. The first-order valence-electron chi connectivity index (χ1n) is 7.27. The molecule has 140 valence electrons. The maximum atomic E-state index is 12.1. The molecule has 26 heavy (non-hydrogen) atoms. The second-order valence-electron chi connectivity index (χ2n) is 5.43. The molecule has 0 unspecified atom stereocenters. The molecular weight excluding hydrogens is 379 g/mol. The van der Waals surface area contributed by atoms with Gasteiger partial charge in [0.05, 0.1) is 25.0 Å². The Bertz CT molecular complexity index is 837. The molecule has 0 aliphatic carbocycles. The number of hydrogen-bond donors (Lipinski definition) is 0. The van der Waals surface area contributed by atoms with Gasteiger partial charge in [-0.05, 0) is 27.6 Å².